The van der Waals surface area contributed by atoms with Gasteiger partial charge < -0.3 is 19.7 Å². The van der Waals surface area contributed by atoms with E-state index in [1.807, 2.05) is 73.7 Å². The maximum Gasteiger partial charge on any atom is 0.408 e. The molecule has 186 valence electrons. The molecular formula is C28H34N2O5. The van der Waals surface area contributed by atoms with Crippen LogP contribution >= 0.6 is 0 Å². The minimum Gasteiger partial charge on any atom is -0.445 e. The van der Waals surface area contributed by atoms with Crippen molar-refractivity contribution in [1.29, 1.82) is 0 Å². The molecule has 7 heteroatoms. The van der Waals surface area contributed by atoms with Crippen molar-refractivity contribution in [1.82, 2.24) is 10.2 Å². The number of hydrogen-bond donors (Lipinski definition) is 1. The number of amides is 2. The van der Waals surface area contributed by atoms with Gasteiger partial charge >= 0.3 is 12.1 Å². The summed E-state index contributed by atoms with van der Waals surface area (Å²) in [6.45, 7) is 4.08. The van der Waals surface area contributed by atoms with Crippen LogP contribution in [-0.2, 0) is 32.1 Å². The molecule has 1 aliphatic heterocycles. The number of nitrogens with one attached hydrogen (secondary N) is 1. The number of ether oxygens (including phenoxy) is 2. The standard InChI is InChI=1S/C28H34N2O5/c1-3-4-5-12-17-34-27(32)25(19-22-13-8-6-9-14-22)30-21(2)18-24(26(30)31)29-28(33)35-20-23-15-10-7-11-16-23/h6-17,21,24-25H,3-5,18-20H2,1-2H3,(H,29,33)/b17-12-/t21?,24-,25-/m0/s1. The van der Waals surface area contributed by atoms with Crippen molar-refractivity contribution in [2.24, 2.45) is 0 Å². The Morgan fingerprint density at radius 3 is 2.40 bits per heavy atom. The van der Waals surface area contributed by atoms with Gasteiger partial charge in [-0.3, -0.25) is 4.79 Å². The second-order valence-corrected chi connectivity index (χ2v) is 8.75. The number of esters is 1. The Kier molecular flexibility index (Phi) is 9.90. The second-order valence-electron chi connectivity index (χ2n) is 8.75. The van der Waals surface area contributed by atoms with Crippen molar-refractivity contribution < 1.29 is 23.9 Å². The van der Waals surface area contributed by atoms with Crippen molar-refractivity contribution in [2.75, 3.05) is 0 Å². The van der Waals surface area contributed by atoms with Crippen molar-refractivity contribution in [3.8, 4) is 0 Å². The van der Waals surface area contributed by atoms with E-state index in [1.54, 1.807) is 0 Å². The Morgan fingerprint density at radius 1 is 1.09 bits per heavy atom. The molecule has 1 fully saturated rings. The minimum absolute atomic E-state index is 0.111. The molecule has 7 nitrogen and oxygen atoms in total. The van der Waals surface area contributed by atoms with Gasteiger partial charge in [0.2, 0.25) is 5.91 Å². The van der Waals surface area contributed by atoms with Crippen LogP contribution in [-0.4, -0.2) is 41.0 Å². The molecule has 1 N–H and O–H groups in total. The zero-order valence-corrected chi connectivity index (χ0v) is 20.4. The molecule has 0 aromatic heterocycles. The number of hydrogen-bond acceptors (Lipinski definition) is 5. The molecule has 2 aromatic rings. The lowest BCUT2D eigenvalue weighted by Gasteiger charge is -2.29. The first-order chi connectivity index (χ1) is 17.0. The summed E-state index contributed by atoms with van der Waals surface area (Å²) in [6, 6.07) is 17.0. The molecule has 1 saturated heterocycles. The zero-order valence-electron chi connectivity index (χ0n) is 20.4. The average molecular weight is 479 g/mol. The number of benzene rings is 2. The number of carbonyl (C=O) groups excluding carboxylic acids is 3. The summed E-state index contributed by atoms with van der Waals surface area (Å²) in [6.07, 6.45) is 6.16. The second kappa shape index (κ2) is 13.3. The SMILES string of the molecule is CCCC/C=C\OC(=O)[C@H](Cc1ccccc1)N1C(=O)[C@@H](NC(=O)OCc2ccccc2)CC1C. The van der Waals surface area contributed by atoms with Crippen molar-refractivity contribution in [3.05, 3.63) is 84.1 Å². The quantitative estimate of drug-likeness (QED) is 0.286. The van der Waals surface area contributed by atoms with E-state index >= 15 is 0 Å². The van der Waals surface area contributed by atoms with E-state index in [9.17, 15) is 14.4 Å². The van der Waals surface area contributed by atoms with Gasteiger partial charge in [-0.25, -0.2) is 9.59 Å². The first-order valence-electron chi connectivity index (χ1n) is 12.2. The third-order valence-corrected chi connectivity index (χ3v) is 5.99. The van der Waals surface area contributed by atoms with E-state index in [1.165, 1.54) is 11.2 Å². The molecule has 0 spiro atoms. The Bertz CT molecular complexity index is 993. The van der Waals surface area contributed by atoms with Crippen LogP contribution < -0.4 is 5.32 Å². The van der Waals surface area contributed by atoms with Gasteiger partial charge in [0, 0.05) is 12.5 Å². The molecule has 0 saturated carbocycles. The topological polar surface area (TPSA) is 84.9 Å². The lowest BCUT2D eigenvalue weighted by Crippen LogP contribution is -2.50. The van der Waals surface area contributed by atoms with Gasteiger partial charge in [0.15, 0.2) is 0 Å². The number of likely N-dealkylation sites (tertiary alicyclic amines) is 1. The number of nitrogens with zero attached hydrogens (tertiary/aromatic N) is 1. The van der Waals surface area contributed by atoms with Crippen LogP contribution in [0.1, 0.15) is 50.7 Å². The van der Waals surface area contributed by atoms with Gasteiger partial charge in [0.05, 0.1) is 6.26 Å². The molecular weight excluding hydrogens is 444 g/mol. The molecule has 0 aliphatic carbocycles. The zero-order chi connectivity index (χ0) is 25.0. The maximum absolute atomic E-state index is 13.3. The van der Waals surface area contributed by atoms with Gasteiger partial charge in [-0.2, -0.15) is 0 Å². The average Bonchev–Trinajstić information content (AvgIpc) is 3.14. The summed E-state index contributed by atoms with van der Waals surface area (Å²) < 4.78 is 10.7. The predicted molar refractivity (Wildman–Crippen MR) is 133 cm³/mol. The highest BCUT2D eigenvalue weighted by atomic mass is 16.5. The molecule has 0 radical (unpaired) electrons. The van der Waals surface area contributed by atoms with E-state index in [2.05, 4.69) is 12.2 Å². The highest BCUT2D eigenvalue weighted by Gasteiger charge is 2.44. The number of carbonyl (C=O) groups is 3. The Hall–Kier alpha value is -3.61. The third-order valence-electron chi connectivity index (χ3n) is 5.99. The minimum atomic E-state index is -0.803. The van der Waals surface area contributed by atoms with E-state index in [-0.39, 0.29) is 18.6 Å². The summed E-state index contributed by atoms with van der Waals surface area (Å²) in [5, 5.41) is 2.66. The molecule has 1 unspecified atom stereocenters. The monoisotopic (exact) mass is 478 g/mol. The summed E-state index contributed by atoms with van der Waals surface area (Å²) in [4.78, 5) is 40.3. The lowest BCUT2D eigenvalue weighted by molar-refractivity contribution is -0.150. The number of allylic oxidation sites excluding steroid dienone is 1. The smallest absolute Gasteiger partial charge is 0.408 e. The first kappa shape index (κ1) is 26.0. The van der Waals surface area contributed by atoms with Crippen LogP contribution in [0.15, 0.2) is 73.0 Å². The first-order valence-corrected chi connectivity index (χ1v) is 12.2. The van der Waals surface area contributed by atoms with E-state index < -0.39 is 24.1 Å². The van der Waals surface area contributed by atoms with Crippen molar-refractivity contribution >= 4 is 18.0 Å². The molecule has 3 atom stereocenters. The molecule has 35 heavy (non-hydrogen) atoms. The highest BCUT2D eigenvalue weighted by molar-refractivity contribution is 5.92. The van der Waals surface area contributed by atoms with Gasteiger partial charge in [-0.1, -0.05) is 74.0 Å². The number of unbranched alkanes of at least 4 members (excludes halogenated alkanes) is 2. The Labute approximate surface area is 207 Å². The lowest BCUT2D eigenvalue weighted by atomic mass is 10.0. The molecule has 3 rings (SSSR count). The van der Waals surface area contributed by atoms with Gasteiger partial charge in [0.1, 0.15) is 18.7 Å². The van der Waals surface area contributed by atoms with Crippen LogP contribution in [0.3, 0.4) is 0 Å². The molecule has 2 aromatic carbocycles. The summed E-state index contributed by atoms with van der Waals surface area (Å²) >= 11 is 0. The fourth-order valence-corrected chi connectivity index (χ4v) is 4.16. The molecule has 1 heterocycles. The molecule has 1 aliphatic rings. The van der Waals surface area contributed by atoms with E-state index in [4.69, 9.17) is 9.47 Å². The van der Waals surface area contributed by atoms with Crippen LogP contribution in [0.25, 0.3) is 0 Å². The van der Waals surface area contributed by atoms with Gasteiger partial charge in [-0.15, -0.1) is 0 Å². The maximum atomic E-state index is 13.3. The third kappa shape index (κ3) is 7.70. The fourth-order valence-electron chi connectivity index (χ4n) is 4.16. The number of alkyl carbamates (subject to hydrolysis) is 1. The largest absolute Gasteiger partial charge is 0.445 e. The number of rotatable bonds is 11. The van der Waals surface area contributed by atoms with Crippen LogP contribution in [0.2, 0.25) is 0 Å². The van der Waals surface area contributed by atoms with E-state index in [0.717, 1.165) is 30.4 Å². The van der Waals surface area contributed by atoms with Crippen molar-refractivity contribution in [2.45, 2.75) is 70.7 Å². The summed E-state index contributed by atoms with van der Waals surface area (Å²) in [5.41, 5.74) is 1.77. The van der Waals surface area contributed by atoms with Crippen LogP contribution in [0, 0.1) is 0 Å². The highest BCUT2D eigenvalue weighted by Crippen LogP contribution is 2.25. The predicted octanol–water partition coefficient (Wildman–Crippen LogP) is 4.76. The molecule has 2 amide bonds. The summed E-state index contributed by atoms with van der Waals surface area (Å²) in [7, 11) is 0. The summed E-state index contributed by atoms with van der Waals surface area (Å²) in [5.74, 6) is -0.809. The van der Waals surface area contributed by atoms with Crippen molar-refractivity contribution in [3.63, 3.8) is 0 Å². The Balaban J connectivity index is 1.66. The van der Waals surface area contributed by atoms with Gasteiger partial charge in [0.25, 0.3) is 0 Å². The molecule has 0 bridgehead atoms. The fraction of sp³-hybridized carbons (Fsp3) is 0.393. The Morgan fingerprint density at radius 2 is 1.74 bits per heavy atom. The van der Waals surface area contributed by atoms with E-state index in [0.29, 0.717) is 12.8 Å². The normalized spacial score (nSPS) is 18.5. The van der Waals surface area contributed by atoms with Gasteiger partial charge in [-0.05, 0) is 43.4 Å². The van der Waals surface area contributed by atoms with Crippen LogP contribution in [0.5, 0.6) is 0 Å². The van der Waals surface area contributed by atoms with Crippen LogP contribution in [0.4, 0.5) is 4.79 Å².